The van der Waals surface area contributed by atoms with E-state index in [-0.39, 0.29) is 0 Å². The third-order valence-corrected chi connectivity index (χ3v) is 4.56. The van der Waals surface area contributed by atoms with Gasteiger partial charge in [-0.1, -0.05) is 32.0 Å². The van der Waals surface area contributed by atoms with Crippen LogP contribution in [0.1, 0.15) is 19.4 Å². The molecule has 0 N–H and O–H groups in total. The molecule has 0 bridgehead atoms. The summed E-state index contributed by atoms with van der Waals surface area (Å²) in [5.41, 5.74) is 1.17. The van der Waals surface area contributed by atoms with Gasteiger partial charge in [-0.25, -0.2) is 22.0 Å². The quantitative estimate of drug-likeness (QED) is 0.301. The van der Waals surface area contributed by atoms with Crippen LogP contribution in [-0.2, 0) is 5.41 Å². The number of benzene rings is 2. The van der Waals surface area contributed by atoms with E-state index in [4.69, 9.17) is 0 Å². The lowest BCUT2D eigenvalue weighted by molar-refractivity contribution is 0.381. The van der Waals surface area contributed by atoms with Crippen LogP contribution in [-0.4, -0.2) is 13.3 Å². The summed E-state index contributed by atoms with van der Waals surface area (Å²) >= 11 is 0. The summed E-state index contributed by atoms with van der Waals surface area (Å²) in [7, 11) is 1.83. The summed E-state index contributed by atoms with van der Waals surface area (Å²) < 4.78 is 66.9. The number of allylic oxidation sites excluding steroid dienone is 2. The summed E-state index contributed by atoms with van der Waals surface area (Å²) in [4.78, 5) is 5.36. The minimum Gasteiger partial charge on any atom is -0.347 e. The van der Waals surface area contributed by atoms with Gasteiger partial charge in [0, 0.05) is 30.1 Å². The fourth-order valence-electron chi connectivity index (χ4n) is 3.19. The van der Waals surface area contributed by atoms with Crippen molar-refractivity contribution in [2.24, 2.45) is 4.99 Å². The number of likely N-dealkylation sites (N-methyl/N-ethyl adjacent to an activating group) is 1. The largest absolute Gasteiger partial charge is 0.347 e. The lowest BCUT2D eigenvalue weighted by Gasteiger charge is -2.23. The van der Waals surface area contributed by atoms with Gasteiger partial charge in [-0.3, -0.25) is 4.99 Å². The molecular formula is C19H15F5N2. The van der Waals surface area contributed by atoms with Gasteiger partial charge in [0.1, 0.15) is 5.69 Å². The fourth-order valence-corrected chi connectivity index (χ4v) is 3.19. The molecular weight excluding hydrogens is 351 g/mol. The van der Waals surface area contributed by atoms with Crippen LogP contribution in [0.4, 0.5) is 33.3 Å². The molecule has 0 fully saturated rings. The molecule has 0 saturated carbocycles. The number of halogens is 5. The van der Waals surface area contributed by atoms with E-state index in [1.54, 1.807) is 0 Å². The number of para-hydroxylation sites is 1. The molecule has 0 atom stereocenters. The Balaban J connectivity index is 2.02. The van der Waals surface area contributed by atoms with Crippen LogP contribution in [0.5, 0.6) is 0 Å². The van der Waals surface area contributed by atoms with Crippen molar-refractivity contribution in [3.05, 3.63) is 70.7 Å². The zero-order valence-corrected chi connectivity index (χ0v) is 14.2. The van der Waals surface area contributed by atoms with Gasteiger partial charge < -0.3 is 4.90 Å². The van der Waals surface area contributed by atoms with Gasteiger partial charge in [-0.15, -0.1) is 0 Å². The van der Waals surface area contributed by atoms with Crippen LogP contribution >= 0.6 is 0 Å². The van der Waals surface area contributed by atoms with Gasteiger partial charge in [0.15, 0.2) is 23.3 Å². The molecule has 0 aromatic heterocycles. The van der Waals surface area contributed by atoms with Gasteiger partial charge in [0.2, 0.25) is 5.82 Å². The first-order valence-corrected chi connectivity index (χ1v) is 7.77. The zero-order chi connectivity index (χ0) is 19.2. The Labute approximate surface area is 147 Å². The predicted octanol–water partition coefficient (Wildman–Crippen LogP) is 5.40. The summed E-state index contributed by atoms with van der Waals surface area (Å²) in [6, 6.07) is 7.69. The molecule has 0 radical (unpaired) electrons. The van der Waals surface area contributed by atoms with Gasteiger partial charge in [0.05, 0.1) is 0 Å². The number of fused-ring (bicyclic) bond motifs is 1. The molecule has 2 aromatic rings. The van der Waals surface area contributed by atoms with Crippen molar-refractivity contribution in [1.82, 2.24) is 0 Å². The predicted molar refractivity (Wildman–Crippen MR) is 90.3 cm³/mol. The zero-order valence-electron chi connectivity index (χ0n) is 14.2. The maximum absolute atomic E-state index is 13.7. The summed E-state index contributed by atoms with van der Waals surface area (Å²) in [5, 5.41) is 0. The second-order valence-electron chi connectivity index (χ2n) is 6.45. The number of aliphatic imine (C=N–C) groups is 1. The first-order valence-electron chi connectivity index (χ1n) is 7.77. The third-order valence-electron chi connectivity index (χ3n) is 4.56. The SMILES string of the molecule is CN1/C(=C\C=Nc2c(F)c(F)c(F)c(F)c2F)C(C)(C)c2ccccc21. The summed E-state index contributed by atoms with van der Waals surface area (Å²) in [6.07, 6.45) is 2.54. The normalized spacial score (nSPS) is 17.4. The van der Waals surface area contributed by atoms with Gasteiger partial charge in [-0.05, 0) is 17.7 Å². The molecule has 0 unspecified atom stereocenters. The van der Waals surface area contributed by atoms with Crippen molar-refractivity contribution in [3.63, 3.8) is 0 Å². The van der Waals surface area contributed by atoms with Gasteiger partial charge in [-0.2, -0.15) is 0 Å². The van der Waals surface area contributed by atoms with Crippen LogP contribution in [0.15, 0.2) is 41.0 Å². The third kappa shape index (κ3) is 2.58. The van der Waals surface area contributed by atoms with E-state index in [0.29, 0.717) is 0 Å². The molecule has 26 heavy (non-hydrogen) atoms. The lowest BCUT2D eigenvalue weighted by Crippen LogP contribution is -2.23. The molecule has 2 aromatic carbocycles. The monoisotopic (exact) mass is 366 g/mol. The highest BCUT2D eigenvalue weighted by Gasteiger charge is 2.37. The molecule has 3 rings (SSSR count). The van der Waals surface area contributed by atoms with Crippen LogP contribution < -0.4 is 4.90 Å². The standard InChI is InChI=1S/C19H15F5N2/c1-19(2)10-6-4-5-7-11(10)26(3)12(19)8-9-25-18-16(23)14(21)13(20)15(22)17(18)24/h4-9H,1-3H3/b12-8-,25-9?. The van der Waals surface area contributed by atoms with Crippen LogP contribution in [0.2, 0.25) is 0 Å². The Morgan fingerprint density at radius 1 is 0.885 bits per heavy atom. The molecule has 2 nitrogen and oxygen atoms in total. The highest BCUT2D eigenvalue weighted by Crippen LogP contribution is 2.46. The van der Waals surface area contributed by atoms with E-state index in [1.807, 2.05) is 50.1 Å². The smallest absolute Gasteiger partial charge is 0.200 e. The number of nitrogens with zero attached hydrogens (tertiary/aromatic N) is 2. The fraction of sp³-hybridized carbons (Fsp3) is 0.211. The van der Waals surface area contributed by atoms with E-state index < -0.39 is 40.2 Å². The molecule has 1 aliphatic rings. The Hall–Kier alpha value is -2.70. The number of hydrogen-bond donors (Lipinski definition) is 0. The van der Waals surface area contributed by atoms with E-state index in [0.717, 1.165) is 23.2 Å². The average molecular weight is 366 g/mol. The molecule has 0 spiro atoms. The van der Waals surface area contributed by atoms with Gasteiger partial charge >= 0.3 is 0 Å². The minimum atomic E-state index is -2.20. The first kappa shape index (κ1) is 18.1. The van der Waals surface area contributed by atoms with Gasteiger partial charge in [0.25, 0.3) is 0 Å². The topological polar surface area (TPSA) is 15.6 Å². The van der Waals surface area contributed by atoms with Crippen LogP contribution in [0.25, 0.3) is 0 Å². The van der Waals surface area contributed by atoms with Crippen molar-refractivity contribution in [3.8, 4) is 0 Å². The molecule has 0 amide bonds. The van der Waals surface area contributed by atoms with Crippen molar-refractivity contribution < 1.29 is 22.0 Å². The summed E-state index contributed by atoms with van der Waals surface area (Å²) in [6.45, 7) is 3.93. The highest BCUT2D eigenvalue weighted by atomic mass is 19.2. The molecule has 0 saturated heterocycles. The van der Waals surface area contributed by atoms with Crippen molar-refractivity contribution >= 4 is 17.6 Å². The van der Waals surface area contributed by atoms with E-state index in [1.165, 1.54) is 6.08 Å². The van der Waals surface area contributed by atoms with E-state index >= 15 is 0 Å². The lowest BCUT2D eigenvalue weighted by atomic mass is 9.84. The van der Waals surface area contributed by atoms with E-state index in [9.17, 15) is 22.0 Å². The van der Waals surface area contributed by atoms with Crippen LogP contribution in [0, 0.1) is 29.1 Å². The summed E-state index contributed by atoms with van der Waals surface area (Å²) in [5.74, 6) is -10.2. The molecule has 1 heterocycles. The molecule has 136 valence electrons. The Morgan fingerprint density at radius 2 is 1.42 bits per heavy atom. The number of rotatable bonds is 2. The van der Waals surface area contributed by atoms with Crippen molar-refractivity contribution in [2.75, 3.05) is 11.9 Å². The second-order valence-corrected chi connectivity index (χ2v) is 6.45. The minimum absolute atomic E-state index is 0.409. The number of hydrogen-bond acceptors (Lipinski definition) is 2. The molecule has 7 heteroatoms. The molecule has 1 aliphatic heterocycles. The Kier molecular flexibility index (Phi) is 4.34. The van der Waals surface area contributed by atoms with Crippen LogP contribution in [0.3, 0.4) is 0 Å². The van der Waals surface area contributed by atoms with Crippen molar-refractivity contribution in [2.45, 2.75) is 19.3 Å². The average Bonchev–Trinajstić information content (AvgIpc) is 2.82. The van der Waals surface area contributed by atoms with E-state index in [2.05, 4.69) is 4.99 Å². The second kappa shape index (κ2) is 6.23. The Morgan fingerprint density at radius 3 is 2.00 bits per heavy atom. The first-order chi connectivity index (χ1) is 12.2. The maximum atomic E-state index is 13.7. The molecule has 0 aliphatic carbocycles. The Bertz CT molecular complexity index is 918. The number of anilines is 1. The van der Waals surface area contributed by atoms with Crippen molar-refractivity contribution in [1.29, 1.82) is 0 Å². The highest BCUT2D eigenvalue weighted by molar-refractivity contribution is 5.81. The maximum Gasteiger partial charge on any atom is 0.200 e.